The van der Waals surface area contributed by atoms with Crippen LogP contribution in [-0.4, -0.2) is 30.5 Å². The second-order valence-electron chi connectivity index (χ2n) is 3.15. The first-order valence-electron chi connectivity index (χ1n) is 4.39. The second kappa shape index (κ2) is 6.78. The average molecular weight is 228 g/mol. The van der Waals surface area contributed by atoms with Crippen LogP contribution in [0, 0.1) is 0 Å². The van der Waals surface area contributed by atoms with Gasteiger partial charge < -0.3 is 14.0 Å². The van der Waals surface area contributed by atoms with E-state index in [1.807, 2.05) is 6.66 Å². The van der Waals surface area contributed by atoms with Crippen molar-refractivity contribution in [2.75, 3.05) is 25.6 Å². The summed E-state index contributed by atoms with van der Waals surface area (Å²) in [4.78, 5) is 7.88. The van der Waals surface area contributed by atoms with Gasteiger partial charge in [-0.15, -0.1) is 0 Å². The molecule has 1 atom stereocenters. The number of rotatable bonds is 2. The normalized spacial score (nSPS) is 21.8. The summed E-state index contributed by atoms with van der Waals surface area (Å²) in [6.07, 6.45) is 4.42. The van der Waals surface area contributed by atoms with Crippen LogP contribution in [0.4, 0.5) is 0 Å². The van der Waals surface area contributed by atoms with E-state index in [4.69, 9.17) is 4.89 Å². The highest BCUT2D eigenvalue weighted by molar-refractivity contribution is 7.63. The van der Waals surface area contributed by atoms with Crippen LogP contribution in [0.5, 0.6) is 0 Å². The maximum Gasteiger partial charge on any atom is 0.316 e. The van der Waals surface area contributed by atoms with Crippen molar-refractivity contribution in [1.82, 2.24) is 0 Å². The van der Waals surface area contributed by atoms with Crippen LogP contribution in [-0.2, 0) is 13.7 Å². The lowest BCUT2D eigenvalue weighted by Gasteiger charge is -1.96. The summed E-state index contributed by atoms with van der Waals surface area (Å²) in [6.45, 7) is 3.90. The smallest absolute Gasteiger partial charge is 0.316 e. The minimum absolute atomic E-state index is 0.314. The van der Waals surface area contributed by atoms with Crippen molar-refractivity contribution in [2.45, 2.75) is 19.8 Å². The lowest BCUT2D eigenvalue weighted by Crippen LogP contribution is -1.75. The highest BCUT2D eigenvalue weighted by atomic mass is 31.2. The molecule has 0 amide bonds. The van der Waals surface area contributed by atoms with Crippen LogP contribution in [0.2, 0.25) is 0 Å². The molecule has 0 spiro atoms. The van der Waals surface area contributed by atoms with Gasteiger partial charge >= 0.3 is 8.25 Å². The predicted molar refractivity (Wildman–Crippen MR) is 55.3 cm³/mol. The summed E-state index contributed by atoms with van der Waals surface area (Å²) >= 11 is 0. The summed E-state index contributed by atoms with van der Waals surface area (Å²) in [5, 5.41) is 0. The summed E-state index contributed by atoms with van der Waals surface area (Å²) in [5.41, 5.74) is 0. The van der Waals surface area contributed by atoms with Gasteiger partial charge in [-0.2, -0.15) is 0 Å². The third-order valence-corrected chi connectivity index (χ3v) is 4.84. The molecule has 1 aliphatic heterocycles. The number of hydrogen-bond acceptors (Lipinski definition) is 3. The van der Waals surface area contributed by atoms with Crippen LogP contribution in [0.1, 0.15) is 19.8 Å². The number of hydrogen-bond donors (Lipinski definition) is 1. The van der Waals surface area contributed by atoms with Gasteiger partial charge in [-0.25, -0.2) is 0 Å². The van der Waals surface area contributed by atoms with E-state index in [2.05, 4.69) is 4.52 Å². The molecule has 0 aliphatic carbocycles. The van der Waals surface area contributed by atoms with Crippen LogP contribution in [0.25, 0.3) is 0 Å². The van der Waals surface area contributed by atoms with Gasteiger partial charge in [-0.1, -0.05) is 0 Å². The molecule has 0 radical (unpaired) electrons. The van der Waals surface area contributed by atoms with E-state index in [1.54, 1.807) is 6.92 Å². The molecule has 80 valence electrons. The van der Waals surface area contributed by atoms with Crippen molar-refractivity contribution in [3.8, 4) is 0 Å². The highest BCUT2D eigenvalue weighted by Gasteiger charge is 2.19. The van der Waals surface area contributed by atoms with Gasteiger partial charge in [-0.05, 0) is 26.4 Å². The first kappa shape index (κ1) is 13.4. The molecule has 0 saturated carbocycles. The Morgan fingerprint density at radius 1 is 1.46 bits per heavy atom. The minimum atomic E-state index is -2.64. The molecular weight excluding hydrogens is 210 g/mol. The van der Waals surface area contributed by atoms with Gasteiger partial charge in [0.2, 0.25) is 0 Å². The average Bonchev–Trinajstić information content (AvgIpc) is 2.35. The third kappa shape index (κ3) is 8.70. The molecule has 0 aromatic heterocycles. The molecule has 0 bridgehead atoms. The molecule has 1 fully saturated rings. The summed E-state index contributed by atoms with van der Waals surface area (Å²) in [7, 11) is -4.18. The molecule has 1 heterocycles. The molecule has 1 saturated heterocycles. The Kier molecular flexibility index (Phi) is 6.98. The van der Waals surface area contributed by atoms with E-state index < -0.39 is 15.4 Å². The van der Waals surface area contributed by atoms with Gasteiger partial charge in [0, 0.05) is 12.3 Å². The topological polar surface area (TPSA) is 63.6 Å². The fraction of sp³-hybridized carbons (Fsp3) is 1.00. The van der Waals surface area contributed by atoms with Gasteiger partial charge in [0.05, 0.1) is 13.7 Å². The summed E-state index contributed by atoms with van der Waals surface area (Å²) < 4.78 is 24.7. The van der Waals surface area contributed by atoms with Gasteiger partial charge in [0.15, 0.2) is 0 Å². The first-order chi connectivity index (χ1) is 5.98. The highest BCUT2D eigenvalue weighted by Crippen LogP contribution is 2.47. The fourth-order valence-electron chi connectivity index (χ4n) is 1.13. The molecule has 1 aliphatic rings. The van der Waals surface area contributed by atoms with Gasteiger partial charge in [0.1, 0.15) is 0 Å². The molecule has 0 aromatic carbocycles. The van der Waals surface area contributed by atoms with Crippen LogP contribution in [0.3, 0.4) is 0 Å². The fourth-order valence-corrected chi connectivity index (χ4v) is 3.38. The zero-order valence-electron chi connectivity index (χ0n) is 8.15. The standard InChI is InChI=1S/C5H11OP.C2H7O3P/c1-7(6)4-2-3-5-7;1-2-5-6(3)4/h2-5H2,1H3;6H,2H2,1H3,(H,3,4). The van der Waals surface area contributed by atoms with Crippen molar-refractivity contribution in [1.29, 1.82) is 0 Å². The summed E-state index contributed by atoms with van der Waals surface area (Å²) in [5.74, 6) is 0. The first-order valence-corrected chi connectivity index (χ1v) is 8.18. The van der Waals surface area contributed by atoms with Crippen LogP contribution < -0.4 is 0 Å². The molecule has 0 aromatic rings. The largest absolute Gasteiger partial charge is 0.326 e. The maximum absolute atomic E-state index is 11.0. The minimum Gasteiger partial charge on any atom is -0.326 e. The molecule has 13 heavy (non-hydrogen) atoms. The predicted octanol–water partition coefficient (Wildman–Crippen LogP) is 2.18. The van der Waals surface area contributed by atoms with Crippen molar-refractivity contribution >= 4 is 15.4 Å². The van der Waals surface area contributed by atoms with Crippen LogP contribution >= 0.6 is 15.4 Å². The Morgan fingerprint density at radius 3 is 2.00 bits per heavy atom. The molecule has 1 N–H and O–H groups in total. The molecule has 1 rings (SSSR count). The van der Waals surface area contributed by atoms with E-state index in [1.165, 1.54) is 12.8 Å². The Bertz CT molecular complexity index is 195. The van der Waals surface area contributed by atoms with E-state index in [0.717, 1.165) is 12.3 Å². The zero-order valence-corrected chi connectivity index (χ0v) is 10.0. The van der Waals surface area contributed by atoms with E-state index in [-0.39, 0.29) is 0 Å². The monoisotopic (exact) mass is 228 g/mol. The summed E-state index contributed by atoms with van der Waals surface area (Å²) in [6, 6.07) is 0. The SMILES string of the molecule is CCO[PH](=O)O.CP1(=O)CCCC1. The van der Waals surface area contributed by atoms with E-state index in [0.29, 0.717) is 6.61 Å². The Labute approximate surface area is 80.0 Å². The Hall–Kier alpha value is 0.380. The quantitative estimate of drug-likeness (QED) is 0.735. The van der Waals surface area contributed by atoms with Crippen LogP contribution in [0.15, 0.2) is 0 Å². The van der Waals surface area contributed by atoms with Crippen molar-refractivity contribution < 1.29 is 18.5 Å². The zero-order chi connectivity index (χ0) is 10.3. The molecule has 6 heteroatoms. The van der Waals surface area contributed by atoms with Gasteiger partial charge in [-0.3, -0.25) is 4.57 Å². The van der Waals surface area contributed by atoms with E-state index in [9.17, 15) is 9.13 Å². The van der Waals surface area contributed by atoms with Crippen molar-refractivity contribution in [3.63, 3.8) is 0 Å². The lowest BCUT2D eigenvalue weighted by atomic mass is 10.4. The molecular formula is C7H18O4P2. The lowest BCUT2D eigenvalue weighted by molar-refractivity contribution is 0.297. The van der Waals surface area contributed by atoms with Crippen molar-refractivity contribution in [2.24, 2.45) is 0 Å². The maximum atomic E-state index is 11.0. The third-order valence-electron chi connectivity index (χ3n) is 1.78. The molecule has 4 nitrogen and oxygen atoms in total. The Balaban J connectivity index is 0.000000226. The second-order valence-corrected chi connectivity index (χ2v) is 7.46. The molecule has 1 unspecified atom stereocenters. The van der Waals surface area contributed by atoms with E-state index >= 15 is 0 Å². The Morgan fingerprint density at radius 2 is 1.92 bits per heavy atom. The van der Waals surface area contributed by atoms with Gasteiger partial charge in [0.25, 0.3) is 0 Å². The van der Waals surface area contributed by atoms with Crippen molar-refractivity contribution in [3.05, 3.63) is 0 Å².